The number of halogens is 1. The van der Waals surface area contributed by atoms with Crippen molar-refractivity contribution in [3.8, 4) is 5.75 Å². The van der Waals surface area contributed by atoms with Gasteiger partial charge in [0.2, 0.25) is 0 Å². The number of carbonyl (C=O) groups excluding carboxylic acids is 1. The van der Waals surface area contributed by atoms with Gasteiger partial charge in [-0.25, -0.2) is 9.78 Å². The van der Waals surface area contributed by atoms with Crippen molar-refractivity contribution in [2.45, 2.75) is 33.3 Å². The topological polar surface area (TPSA) is 82.8 Å². The van der Waals surface area contributed by atoms with Gasteiger partial charge in [0.15, 0.2) is 6.10 Å². The second-order valence-corrected chi connectivity index (χ2v) is 7.37. The Kier molecular flexibility index (Phi) is 6.99. The van der Waals surface area contributed by atoms with E-state index in [0.717, 1.165) is 4.47 Å². The van der Waals surface area contributed by atoms with Crippen molar-refractivity contribution in [3.05, 3.63) is 68.7 Å². The van der Waals surface area contributed by atoms with Gasteiger partial charge in [-0.15, -0.1) is 0 Å². The Morgan fingerprint density at radius 2 is 2.03 bits per heavy atom. The molecule has 156 valence electrons. The minimum atomic E-state index is -0.770. The molecule has 0 aliphatic carbocycles. The van der Waals surface area contributed by atoms with Gasteiger partial charge in [-0.05, 0) is 44.2 Å². The largest absolute Gasteiger partial charge is 0.478 e. The molecule has 7 nitrogen and oxygen atoms in total. The number of hydrogen-bond acceptors (Lipinski definition) is 6. The fraction of sp³-hybridized carbons (Fsp3) is 0.273. The van der Waals surface area contributed by atoms with E-state index in [0.29, 0.717) is 34.5 Å². The van der Waals surface area contributed by atoms with Crippen LogP contribution in [0.3, 0.4) is 0 Å². The lowest BCUT2D eigenvalue weighted by atomic mass is 10.2. The predicted molar refractivity (Wildman–Crippen MR) is 119 cm³/mol. The molecule has 0 spiro atoms. The molecule has 8 heteroatoms. The molecule has 30 heavy (non-hydrogen) atoms. The van der Waals surface area contributed by atoms with Gasteiger partial charge in [-0.1, -0.05) is 35.0 Å². The molecule has 0 aliphatic heterocycles. The van der Waals surface area contributed by atoms with Gasteiger partial charge < -0.3 is 9.47 Å². The summed E-state index contributed by atoms with van der Waals surface area (Å²) in [6, 6.07) is 12.5. The standard InChI is InChI=1S/C22H22BrN3O4/c1-4-20-25-18-11-10-16(23)12-17(18)21(27)26(20)24-13-15-8-6-7-9-19(15)30-14(3)22(28)29-5-2/h6-14H,4-5H2,1-3H3/t14-/m0/s1. The summed E-state index contributed by atoms with van der Waals surface area (Å²) in [5.41, 5.74) is 0.989. The first-order chi connectivity index (χ1) is 14.4. The van der Waals surface area contributed by atoms with Crippen molar-refractivity contribution < 1.29 is 14.3 Å². The number of rotatable bonds is 7. The maximum Gasteiger partial charge on any atom is 0.347 e. The van der Waals surface area contributed by atoms with Crippen molar-refractivity contribution in [3.63, 3.8) is 0 Å². The summed E-state index contributed by atoms with van der Waals surface area (Å²) in [5.74, 6) is 0.562. The number of para-hydroxylation sites is 1. The van der Waals surface area contributed by atoms with Crippen LogP contribution in [0.15, 0.2) is 56.8 Å². The van der Waals surface area contributed by atoms with Crippen molar-refractivity contribution in [1.82, 2.24) is 9.66 Å². The molecule has 3 rings (SSSR count). The van der Waals surface area contributed by atoms with Crippen LogP contribution in [0.5, 0.6) is 5.75 Å². The van der Waals surface area contributed by atoms with E-state index in [9.17, 15) is 9.59 Å². The minimum absolute atomic E-state index is 0.257. The third kappa shape index (κ3) is 4.76. The zero-order valence-electron chi connectivity index (χ0n) is 17.0. The van der Waals surface area contributed by atoms with E-state index in [1.54, 1.807) is 44.2 Å². The Hall–Kier alpha value is -3.00. The molecular formula is C22H22BrN3O4. The molecule has 0 unspecified atom stereocenters. The molecule has 1 aromatic heterocycles. The fourth-order valence-corrected chi connectivity index (χ4v) is 3.22. The van der Waals surface area contributed by atoms with Gasteiger partial charge in [-0.2, -0.15) is 9.78 Å². The normalized spacial score (nSPS) is 12.3. The average Bonchev–Trinajstić information content (AvgIpc) is 2.74. The first-order valence-electron chi connectivity index (χ1n) is 9.62. The zero-order chi connectivity index (χ0) is 21.7. The lowest BCUT2D eigenvalue weighted by Gasteiger charge is -2.15. The van der Waals surface area contributed by atoms with Gasteiger partial charge in [0.05, 0.1) is 23.7 Å². The van der Waals surface area contributed by atoms with Crippen LogP contribution in [0.2, 0.25) is 0 Å². The summed E-state index contributed by atoms with van der Waals surface area (Å²) in [5, 5.41) is 4.85. The van der Waals surface area contributed by atoms with Gasteiger partial charge in [0.1, 0.15) is 11.6 Å². The number of hydrogen-bond donors (Lipinski definition) is 0. The lowest BCUT2D eigenvalue weighted by molar-refractivity contribution is -0.150. The third-order valence-corrected chi connectivity index (χ3v) is 4.84. The van der Waals surface area contributed by atoms with Gasteiger partial charge in [0, 0.05) is 16.5 Å². The Labute approximate surface area is 182 Å². The number of nitrogens with zero attached hydrogens (tertiary/aromatic N) is 3. The smallest absolute Gasteiger partial charge is 0.347 e. The first kappa shape index (κ1) is 21.7. The number of ether oxygens (including phenoxy) is 2. The van der Waals surface area contributed by atoms with Crippen LogP contribution in [-0.4, -0.2) is 34.6 Å². The summed E-state index contributed by atoms with van der Waals surface area (Å²) in [6.07, 6.45) is 1.30. The number of aryl methyl sites for hydroxylation is 1. The quantitative estimate of drug-likeness (QED) is 0.385. The van der Waals surface area contributed by atoms with E-state index in [1.165, 1.54) is 10.9 Å². The van der Waals surface area contributed by atoms with Crippen molar-refractivity contribution in [2.24, 2.45) is 5.10 Å². The van der Waals surface area contributed by atoms with Crippen LogP contribution in [0.4, 0.5) is 0 Å². The van der Waals surface area contributed by atoms with Crippen LogP contribution < -0.4 is 10.3 Å². The first-order valence-corrected chi connectivity index (χ1v) is 10.4. The highest BCUT2D eigenvalue weighted by Gasteiger charge is 2.17. The maximum absolute atomic E-state index is 13.0. The second kappa shape index (κ2) is 9.67. The summed E-state index contributed by atoms with van der Waals surface area (Å²) in [4.78, 5) is 29.4. The van der Waals surface area contributed by atoms with E-state index >= 15 is 0 Å². The number of carbonyl (C=O) groups is 1. The molecule has 1 atom stereocenters. The number of fused-ring (bicyclic) bond motifs is 1. The summed E-state index contributed by atoms with van der Waals surface area (Å²) in [6.45, 7) is 5.56. The highest BCUT2D eigenvalue weighted by Crippen LogP contribution is 2.19. The van der Waals surface area contributed by atoms with Crippen LogP contribution in [0.25, 0.3) is 10.9 Å². The maximum atomic E-state index is 13.0. The predicted octanol–water partition coefficient (Wildman–Crippen LogP) is 3.93. The van der Waals surface area contributed by atoms with Gasteiger partial charge in [-0.3, -0.25) is 4.79 Å². The number of aromatic nitrogens is 2. The molecular weight excluding hydrogens is 450 g/mol. The summed E-state index contributed by atoms with van der Waals surface area (Å²) in [7, 11) is 0. The Morgan fingerprint density at radius 1 is 1.27 bits per heavy atom. The van der Waals surface area contributed by atoms with E-state index < -0.39 is 12.1 Å². The SMILES string of the molecule is CCOC(=O)[C@H](C)Oc1ccccc1C=Nn1c(CC)nc2ccc(Br)cc2c1=O. The molecule has 0 aliphatic rings. The highest BCUT2D eigenvalue weighted by atomic mass is 79.9. The number of benzene rings is 2. The van der Waals surface area contributed by atoms with E-state index in [1.807, 2.05) is 19.1 Å². The van der Waals surface area contributed by atoms with Crippen LogP contribution in [0, 0.1) is 0 Å². The molecule has 0 fully saturated rings. The zero-order valence-corrected chi connectivity index (χ0v) is 18.5. The van der Waals surface area contributed by atoms with Gasteiger partial charge in [0.25, 0.3) is 5.56 Å². The van der Waals surface area contributed by atoms with Gasteiger partial charge >= 0.3 is 5.97 Å². The summed E-state index contributed by atoms with van der Waals surface area (Å²) >= 11 is 3.39. The second-order valence-electron chi connectivity index (χ2n) is 6.45. The van der Waals surface area contributed by atoms with E-state index in [2.05, 4.69) is 26.0 Å². The van der Waals surface area contributed by atoms with Crippen LogP contribution in [0.1, 0.15) is 32.2 Å². The molecule has 0 bridgehead atoms. The minimum Gasteiger partial charge on any atom is -0.478 e. The fourth-order valence-electron chi connectivity index (χ4n) is 2.86. The van der Waals surface area contributed by atoms with Crippen molar-refractivity contribution in [1.29, 1.82) is 0 Å². The lowest BCUT2D eigenvalue weighted by Crippen LogP contribution is -2.26. The molecule has 0 amide bonds. The average molecular weight is 472 g/mol. The van der Waals surface area contributed by atoms with E-state index in [4.69, 9.17) is 9.47 Å². The molecule has 1 heterocycles. The molecule has 2 aromatic carbocycles. The monoisotopic (exact) mass is 471 g/mol. The third-order valence-electron chi connectivity index (χ3n) is 4.35. The summed E-state index contributed by atoms with van der Waals surface area (Å²) < 4.78 is 12.8. The Morgan fingerprint density at radius 3 is 2.77 bits per heavy atom. The Bertz CT molecular complexity index is 1160. The molecule has 3 aromatic rings. The molecule has 0 N–H and O–H groups in total. The number of esters is 1. The molecule has 0 saturated heterocycles. The van der Waals surface area contributed by atoms with Crippen LogP contribution in [-0.2, 0) is 16.0 Å². The molecule has 0 saturated carbocycles. The van der Waals surface area contributed by atoms with Crippen LogP contribution >= 0.6 is 15.9 Å². The Balaban J connectivity index is 1.98. The highest BCUT2D eigenvalue weighted by molar-refractivity contribution is 9.10. The molecule has 0 radical (unpaired) electrons. The van der Waals surface area contributed by atoms with E-state index in [-0.39, 0.29) is 12.2 Å². The van der Waals surface area contributed by atoms with Crippen molar-refractivity contribution in [2.75, 3.05) is 6.61 Å². The van der Waals surface area contributed by atoms with Crippen molar-refractivity contribution >= 4 is 39.0 Å².